The average molecular weight is 250 g/mol. The highest BCUT2D eigenvalue weighted by Gasteiger charge is 2.27. The molecule has 1 fully saturated rings. The molecule has 2 N–H and O–H groups in total. The summed E-state index contributed by atoms with van der Waals surface area (Å²) in [6, 6.07) is 7.39. The minimum absolute atomic E-state index is 0.0515. The lowest BCUT2D eigenvalue weighted by Gasteiger charge is -2.31. The summed E-state index contributed by atoms with van der Waals surface area (Å²) in [7, 11) is 1.60. The minimum Gasteiger partial charge on any atom is -0.497 e. The lowest BCUT2D eigenvalue weighted by Crippen LogP contribution is -2.42. The molecule has 5 nitrogen and oxygen atoms in total. The second-order valence-electron chi connectivity index (χ2n) is 4.22. The molecule has 1 atom stereocenters. The van der Waals surface area contributed by atoms with Gasteiger partial charge in [0.2, 0.25) is 0 Å². The Balaban J connectivity index is 2.08. The van der Waals surface area contributed by atoms with Crippen LogP contribution in [0.15, 0.2) is 24.3 Å². The highest BCUT2D eigenvalue weighted by atomic mass is 16.6. The van der Waals surface area contributed by atoms with Gasteiger partial charge in [0.05, 0.1) is 12.8 Å². The molecule has 0 saturated carbocycles. The van der Waals surface area contributed by atoms with E-state index in [0.717, 1.165) is 24.3 Å². The molecule has 0 bridgehead atoms. The zero-order chi connectivity index (χ0) is 13.0. The van der Waals surface area contributed by atoms with E-state index in [-0.39, 0.29) is 12.2 Å². The minimum atomic E-state index is -0.312. The summed E-state index contributed by atoms with van der Waals surface area (Å²) in [6.45, 7) is 1.19. The molecule has 18 heavy (non-hydrogen) atoms. The quantitative estimate of drug-likeness (QED) is 0.884. The van der Waals surface area contributed by atoms with E-state index in [0.29, 0.717) is 13.1 Å². The molecule has 1 saturated heterocycles. The van der Waals surface area contributed by atoms with Crippen LogP contribution in [0.4, 0.5) is 10.5 Å². The summed E-state index contributed by atoms with van der Waals surface area (Å²) in [5.41, 5.74) is 6.26. The van der Waals surface area contributed by atoms with Crippen LogP contribution < -0.4 is 15.4 Å². The Morgan fingerprint density at radius 2 is 2.39 bits per heavy atom. The molecule has 0 spiro atoms. The molecule has 0 radical (unpaired) electrons. The number of hydrogen-bond donors (Lipinski definition) is 1. The average Bonchev–Trinajstić information content (AvgIpc) is 2.39. The molecule has 98 valence electrons. The predicted molar refractivity (Wildman–Crippen MR) is 68.9 cm³/mol. The van der Waals surface area contributed by atoms with Gasteiger partial charge in [0.15, 0.2) is 0 Å². The van der Waals surface area contributed by atoms with Crippen LogP contribution in [0, 0.1) is 0 Å². The number of methoxy groups -OCH3 is 1. The number of hydrogen-bond acceptors (Lipinski definition) is 4. The van der Waals surface area contributed by atoms with Crippen LogP contribution in [0.1, 0.15) is 12.8 Å². The number of ether oxygens (including phenoxy) is 2. The molecule has 1 unspecified atom stereocenters. The van der Waals surface area contributed by atoms with E-state index < -0.39 is 0 Å². The van der Waals surface area contributed by atoms with Crippen molar-refractivity contribution in [3.8, 4) is 5.75 Å². The van der Waals surface area contributed by atoms with Crippen molar-refractivity contribution in [2.45, 2.75) is 18.9 Å². The van der Waals surface area contributed by atoms with Crippen molar-refractivity contribution >= 4 is 11.8 Å². The summed E-state index contributed by atoms with van der Waals surface area (Å²) in [5.74, 6) is 0.726. The van der Waals surface area contributed by atoms with Crippen molar-refractivity contribution in [2.75, 3.05) is 25.1 Å². The van der Waals surface area contributed by atoms with Gasteiger partial charge in [-0.3, -0.25) is 4.90 Å². The molecule has 1 aromatic rings. The fraction of sp³-hybridized carbons (Fsp3) is 0.462. The fourth-order valence-electron chi connectivity index (χ4n) is 2.03. The summed E-state index contributed by atoms with van der Waals surface area (Å²) in [6.07, 6.45) is 1.16. The zero-order valence-electron chi connectivity index (χ0n) is 10.5. The van der Waals surface area contributed by atoms with E-state index in [1.807, 2.05) is 24.3 Å². The number of benzene rings is 1. The number of nitrogens with zero attached hydrogens (tertiary/aromatic N) is 1. The summed E-state index contributed by atoms with van der Waals surface area (Å²) < 4.78 is 10.5. The van der Waals surface area contributed by atoms with E-state index in [1.165, 1.54) is 0 Å². The second kappa shape index (κ2) is 5.73. The molecule has 1 aliphatic heterocycles. The van der Waals surface area contributed by atoms with Crippen molar-refractivity contribution in [1.29, 1.82) is 0 Å². The van der Waals surface area contributed by atoms with E-state index in [4.69, 9.17) is 15.2 Å². The molecule has 1 aliphatic rings. The molecule has 0 aromatic heterocycles. The topological polar surface area (TPSA) is 64.8 Å². The Morgan fingerprint density at radius 3 is 3.06 bits per heavy atom. The number of anilines is 1. The number of rotatable bonds is 4. The predicted octanol–water partition coefficient (Wildman–Crippen LogP) is 1.76. The van der Waals surface area contributed by atoms with Gasteiger partial charge in [-0.2, -0.15) is 0 Å². The van der Waals surface area contributed by atoms with Crippen LogP contribution in [0.25, 0.3) is 0 Å². The summed E-state index contributed by atoms with van der Waals surface area (Å²) in [5, 5.41) is 0. The van der Waals surface area contributed by atoms with E-state index in [2.05, 4.69) is 0 Å². The molecule has 1 heterocycles. The molecule has 5 heteroatoms. The molecule has 1 amide bonds. The number of carbonyl (C=O) groups is 1. The largest absolute Gasteiger partial charge is 0.497 e. The first-order valence-corrected chi connectivity index (χ1v) is 6.07. The van der Waals surface area contributed by atoms with Gasteiger partial charge in [-0.1, -0.05) is 6.07 Å². The van der Waals surface area contributed by atoms with Gasteiger partial charge < -0.3 is 15.2 Å². The van der Waals surface area contributed by atoms with Gasteiger partial charge in [0.25, 0.3) is 0 Å². The number of carbonyl (C=O) groups excluding carboxylic acids is 1. The van der Waals surface area contributed by atoms with E-state index in [1.54, 1.807) is 12.0 Å². The monoisotopic (exact) mass is 250 g/mol. The lowest BCUT2D eigenvalue weighted by molar-refractivity contribution is 0.0807. The highest BCUT2D eigenvalue weighted by Crippen LogP contribution is 2.25. The SMILES string of the molecule is COc1cccc(N2CCC(CCN)OC2=O)c1. The normalized spacial score (nSPS) is 19.6. The van der Waals surface area contributed by atoms with Crippen molar-refractivity contribution in [2.24, 2.45) is 5.73 Å². The van der Waals surface area contributed by atoms with Gasteiger partial charge in [-0.15, -0.1) is 0 Å². The van der Waals surface area contributed by atoms with Crippen molar-refractivity contribution in [3.63, 3.8) is 0 Å². The van der Waals surface area contributed by atoms with Gasteiger partial charge in [0.1, 0.15) is 11.9 Å². The molecule has 2 rings (SSSR count). The summed E-state index contributed by atoms with van der Waals surface area (Å²) in [4.78, 5) is 13.5. The van der Waals surface area contributed by atoms with E-state index >= 15 is 0 Å². The maximum atomic E-state index is 11.9. The maximum Gasteiger partial charge on any atom is 0.414 e. The zero-order valence-corrected chi connectivity index (χ0v) is 10.5. The second-order valence-corrected chi connectivity index (χ2v) is 4.22. The maximum absolute atomic E-state index is 11.9. The number of cyclic esters (lactones) is 1. The van der Waals surface area contributed by atoms with Crippen LogP contribution in [-0.2, 0) is 4.74 Å². The summed E-state index contributed by atoms with van der Waals surface area (Å²) >= 11 is 0. The Morgan fingerprint density at radius 1 is 1.56 bits per heavy atom. The van der Waals surface area contributed by atoms with Crippen LogP contribution in [0.5, 0.6) is 5.75 Å². The third-order valence-corrected chi connectivity index (χ3v) is 3.02. The molecular weight excluding hydrogens is 232 g/mol. The van der Waals surface area contributed by atoms with Gasteiger partial charge >= 0.3 is 6.09 Å². The van der Waals surface area contributed by atoms with E-state index in [9.17, 15) is 4.79 Å². The lowest BCUT2D eigenvalue weighted by atomic mass is 10.1. The van der Waals surface area contributed by atoms with Crippen LogP contribution >= 0.6 is 0 Å². The fourth-order valence-corrected chi connectivity index (χ4v) is 2.03. The van der Waals surface area contributed by atoms with Gasteiger partial charge in [-0.05, 0) is 25.1 Å². The van der Waals surface area contributed by atoms with Crippen molar-refractivity contribution in [1.82, 2.24) is 0 Å². The smallest absolute Gasteiger partial charge is 0.414 e. The van der Waals surface area contributed by atoms with Gasteiger partial charge in [0, 0.05) is 19.0 Å². The molecule has 0 aliphatic carbocycles. The Labute approximate surface area is 106 Å². The third kappa shape index (κ3) is 2.73. The first-order chi connectivity index (χ1) is 8.74. The highest BCUT2D eigenvalue weighted by molar-refractivity contribution is 5.88. The molecular formula is C13H18N2O3. The Bertz CT molecular complexity index is 422. The number of amides is 1. The first kappa shape index (κ1) is 12.7. The third-order valence-electron chi connectivity index (χ3n) is 3.02. The number of nitrogens with two attached hydrogens (primary N) is 1. The van der Waals surface area contributed by atoms with Crippen LogP contribution in [0.3, 0.4) is 0 Å². The first-order valence-electron chi connectivity index (χ1n) is 6.07. The Kier molecular flexibility index (Phi) is 4.04. The molecule has 1 aromatic carbocycles. The van der Waals surface area contributed by atoms with Gasteiger partial charge in [-0.25, -0.2) is 4.79 Å². The Hall–Kier alpha value is -1.75. The van der Waals surface area contributed by atoms with Crippen molar-refractivity contribution in [3.05, 3.63) is 24.3 Å². The standard InChI is InChI=1S/C13H18N2O3/c1-17-12-4-2-3-10(9-12)15-8-6-11(5-7-14)18-13(15)16/h2-4,9,11H,5-8,14H2,1H3. The van der Waals surface area contributed by atoms with Crippen molar-refractivity contribution < 1.29 is 14.3 Å². The van der Waals surface area contributed by atoms with Crippen LogP contribution in [0.2, 0.25) is 0 Å². The van der Waals surface area contributed by atoms with Crippen LogP contribution in [-0.4, -0.2) is 32.4 Å².